The largest absolute Gasteiger partial charge is 0.334 e. The molecular weight excluding hydrogens is 306 g/mol. The van der Waals surface area contributed by atoms with Crippen molar-refractivity contribution in [2.24, 2.45) is 0 Å². The van der Waals surface area contributed by atoms with Crippen LogP contribution in [0.2, 0.25) is 0 Å². The smallest absolute Gasteiger partial charge is 0.315 e. The van der Waals surface area contributed by atoms with Gasteiger partial charge in [-0.15, -0.1) is 0 Å². The summed E-state index contributed by atoms with van der Waals surface area (Å²) in [6.07, 6.45) is 2.95. The first-order valence-electron chi connectivity index (χ1n) is 7.42. The fourth-order valence-electron chi connectivity index (χ4n) is 3.14. The molecule has 0 radical (unpaired) electrons. The van der Waals surface area contributed by atoms with E-state index in [2.05, 4.69) is 15.6 Å². The van der Waals surface area contributed by atoms with Crippen LogP contribution in [-0.2, 0) is 16.3 Å². The number of aryl methyl sites for hydroxylation is 1. The van der Waals surface area contributed by atoms with Crippen molar-refractivity contribution in [3.8, 4) is 0 Å². The fraction of sp³-hybridized carbons (Fsp3) is 0.571. The number of nitrogens with one attached hydrogen (secondary N) is 3. The van der Waals surface area contributed by atoms with E-state index in [0.717, 1.165) is 30.5 Å². The average Bonchev–Trinajstić information content (AvgIpc) is 2.77. The summed E-state index contributed by atoms with van der Waals surface area (Å²) in [4.78, 5) is 26.2. The normalized spacial score (nSPS) is 26.2. The Morgan fingerprint density at radius 1 is 1.23 bits per heavy atom. The molecular formula is C14H19N3O4S. The van der Waals surface area contributed by atoms with Crippen LogP contribution >= 0.6 is 0 Å². The number of aromatic nitrogens is 1. The lowest BCUT2D eigenvalue weighted by Gasteiger charge is -2.26. The van der Waals surface area contributed by atoms with E-state index in [-0.39, 0.29) is 35.2 Å². The summed E-state index contributed by atoms with van der Waals surface area (Å²) in [5.41, 5.74) is 1.66. The van der Waals surface area contributed by atoms with E-state index in [4.69, 9.17) is 0 Å². The standard InChI is InChI=1S/C14H19N3O4S/c18-13-5-4-10-11(16-13)2-1-3-12(10)17-14(19)15-9-6-7-22(20,21)8-9/h4-5,9,12H,1-3,6-8H2,(H,16,18)(H2,15,17,19)/t9-,12-/m1/s1. The van der Waals surface area contributed by atoms with E-state index in [1.54, 1.807) is 6.07 Å². The monoisotopic (exact) mass is 325 g/mol. The summed E-state index contributed by atoms with van der Waals surface area (Å²) in [6, 6.07) is 2.38. The summed E-state index contributed by atoms with van der Waals surface area (Å²) in [7, 11) is -3.01. The van der Waals surface area contributed by atoms with Gasteiger partial charge in [-0.3, -0.25) is 4.79 Å². The summed E-state index contributed by atoms with van der Waals surface area (Å²) in [6.45, 7) is 0. The molecule has 1 saturated heterocycles. The Bertz CT molecular complexity index is 741. The number of amides is 2. The van der Waals surface area contributed by atoms with Gasteiger partial charge in [-0.05, 0) is 37.3 Å². The topological polar surface area (TPSA) is 108 Å². The third kappa shape index (κ3) is 3.32. The van der Waals surface area contributed by atoms with Gasteiger partial charge in [-0.1, -0.05) is 0 Å². The van der Waals surface area contributed by atoms with Crippen LogP contribution < -0.4 is 16.2 Å². The van der Waals surface area contributed by atoms with Crippen molar-refractivity contribution in [1.82, 2.24) is 15.6 Å². The van der Waals surface area contributed by atoms with Crippen LogP contribution in [-0.4, -0.2) is 37.0 Å². The maximum Gasteiger partial charge on any atom is 0.315 e. The molecule has 1 aromatic rings. The lowest BCUT2D eigenvalue weighted by Crippen LogP contribution is -2.44. The highest BCUT2D eigenvalue weighted by Gasteiger charge is 2.30. The van der Waals surface area contributed by atoms with Crippen LogP contribution in [0.1, 0.15) is 36.6 Å². The molecule has 2 aliphatic rings. The number of aromatic amines is 1. The number of rotatable bonds is 2. The molecule has 0 bridgehead atoms. The minimum absolute atomic E-state index is 0.00892. The number of hydrogen-bond donors (Lipinski definition) is 3. The van der Waals surface area contributed by atoms with E-state index < -0.39 is 9.84 Å². The van der Waals surface area contributed by atoms with Crippen molar-refractivity contribution in [3.63, 3.8) is 0 Å². The van der Waals surface area contributed by atoms with Crippen molar-refractivity contribution in [2.75, 3.05) is 11.5 Å². The van der Waals surface area contributed by atoms with Crippen LogP contribution in [0.3, 0.4) is 0 Å². The molecule has 1 aromatic heterocycles. The van der Waals surface area contributed by atoms with Crippen molar-refractivity contribution in [3.05, 3.63) is 33.7 Å². The highest BCUT2D eigenvalue weighted by Crippen LogP contribution is 2.27. The van der Waals surface area contributed by atoms with Gasteiger partial charge in [0.15, 0.2) is 9.84 Å². The van der Waals surface area contributed by atoms with Crippen LogP contribution in [0.5, 0.6) is 0 Å². The SMILES string of the molecule is O=C(N[C@@H]1CCS(=O)(=O)C1)N[C@@H]1CCCc2[nH]c(=O)ccc21. The van der Waals surface area contributed by atoms with Gasteiger partial charge in [-0.2, -0.15) is 0 Å². The number of carbonyl (C=O) groups excluding carboxylic acids is 1. The molecule has 22 heavy (non-hydrogen) atoms. The lowest BCUT2D eigenvalue weighted by atomic mass is 9.91. The predicted molar refractivity (Wildman–Crippen MR) is 81.5 cm³/mol. The van der Waals surface area contributed by atoms with Crippen LogP contribution in [0.25, 0.3) is 0 Å². The number of sulfone groups is 1. The van der Waals surface area contributed by atoms with E-state index in [9.17, 15) is 18.0 Å². The maximum absolute atomic E-state index is 12.1. The van der Waals surface area contributed by atoms with E-state index in [1.165, 1.54) is 6.07 Å². The first-order valence-corrected chi connectivity index (χ1v) is 9.25. The predicted octanol–water partition coefficient (Wildman–Crippen LogP) is 0.239. The molecule has 1 aliphatic carbocycles. The first-order chi connectivity index (χ1) is 10.4. The van der Waals surface area contributed by atoms with Crippen molar-refractivity contribution in [2.45, 2.75) is 37.8 Å². The minimum atomic E-state index is -3.01. The molecule has 8 heteroatoms. The first kappa shape index (κ1) is 15.1. The fourth-order valence-corrected chi connectivity index (χ4v) is 4.82. The number of hydrogen-bond acceptors (Lipinski definition) is 4. The van der Waals surface area contributed by atoms with E-state index in [0.29, 0.717) is 6.42 Å². The Hall–Kier alpha value is -1.83. The number of H-pyrrole nitrogens is 1. The summed E-state index contributed by atoms with van der Waals surface area (Å²) < 4.78 is 22.8. The number of carbonyl (C=O) groups is 1. The molecule has 1 fully saturated rings. The second-order valence-corrected chi connectivity index (χ2v) is 8.15. The Morgan fingerprint density at radius 2 is 2.05 bits per heavy atom. The van der Waals surface area contributed by atoms with Gasteiger partial charge >= 0.3 is 6.03 Å². The molecule has 0 spiro atoms. The second-order valence-electron chi connectivity index (χ2n) is 5.92. The second kappa shape index (κ2) is 5.75. The highest BCUT2D eigenvalue weighted by molar-refractivity contribution is 7.91. The zero-order valence-corrected chi connectivity index (χ0v) is 12.9. The zero-order valence-electron chi connectivity index (χ0n) is 12.1. The molecule has 2 atom stereocenters. The zero-order chi connectivity index (χ0) is 15.7. The Morgan fingerprint density at radius 3 is 2.77 bits per heavy atom. The van der Waals surface area contributed by atoms with Gasteiger partial charge < -0.3 is 15.6 Å². The Labute approximate surface area is 128 Å². The molecule has 0 aromatic carbocycles. The van der Waals surface area contributed by atoms with Gasteiger partial charge in [0.25, 0.3) is 0 Å². The Balaban J connectivity index is 1.65. The summed E-state index contributed by atoms with van der Waals surface area (Å²) in [5.74, 6) is 0.139. The molecule has 120 valence electrons. The summed E-state index contributed by atoms with van der Waals surface area (Å²) in [5, 5.41) is 5.60. The molecule has 1 aliphatic heterocycles. The minimum Gasteiger partial charge on any atom is -0.334 e. The van der Waals surface area contributed by atoms with Crippen molar-refractivity contribution >= 4 is 15.9 Å². The molecule has 2 amide bonds. The Kier molecular flexibility index (Phi) is 3.94. The van der Waals surface area contributed by atoms with E-state index >= 15 is 0 Å². The van der Waals surface area contributed by atoms with Crippen LogP contribution in [0.4, 0.5) is 4.79 Å². The number of pyridine rings is 1. The lowest BCUT2D eigenvalue weighted by molar-refractivity contribution is 0.232. The summed E-state index contributed by atoms with van der Waals surface area (Å²) >= 11 is 0. The van der Waals surface area contributed by atoms with Gasteiger partial charge in [0, 0.05) is 17.8 Å². The van der Waals surface area contributed by atoms with Gasteiger partial charge in [-0.25, -0.2) is 13.2 Å². The van der Waals surface area contributed by atoms with Gasteiger partial charge in [0.05, 0.1) is 17.5 Å². The van der Waals surface area contributed by atoms with Crippen LogP contribution in [0.15, 0.2) is 16.9 Å². The molecule has 2 heterocycles. The molecule has 3 rings (SSSR count). The van der Waals surface area contributed by atoms with E-state index in [1.807, 2.05) is 0 Å². The molecule has 0 saturated carbocycles. The molecule has 0 unspecified atom stereocenters. The molecule has 3 N–H and O–H groups in total. The highest BCUT2D eigenvalue weighted by atomic mass is 32.2. The maximum atomic E-state index is 12.1. The molecule has 7 nitrogen and oxygen atoms in total. The third-order valence-electron chi connectivity index (χ3n) is 4.20. The third-order valence-corrected chi connectivity index (χ3v) is 5.97. The number of fused-ring (bicyclic) bond motifs is 1. The van der Waals surface area contributed by atoms with Crippen LogP contribution in [0, 0.1) is 0 Å². The number of urea groups is 1. The van der Waals surface area contributed by atoms with Crippen molar-refractivity contribution < 1.29 is 13.2 Å². The quantitative estimate of drug-likeness (QED) is 0.723. The van der Waals surface area contributed by atoms with Gasteiger partial charge in [0.1, 0.15) is 0 Å². The average molecular weight is 325 g/mol. The van der Waals surface area contributed by atoms with Gasteiger partial charge in [0.2, 0.25) is 5.56 Å². The van der Waals surface area contributed by atoms with Crippen molar-refractivity contribution in [1.29, 1.82) is 0 Å².